The molecule has 0 spiro atoms. The van der Waals surface area contributed by atoms with E-state index in [1.165, 1.54) is 0 Å². The fourth-order valence-corrected chi connectivity index (χ4v) is 2.87. The molecule has 1 aliphatic rings. The number of benzene rings is 1. The largest absolute Gasteiger partial charge is 0.525 e. The molecule has 0 amide bonds. The van der Waals surface area contributed by atoms with Gasteiger partial charge in [0.05, 0.1) is 17.8 Å². The Hall–Kier alpha value is -1.13. The van der Waals surface area contributed by atoms with Crippen LogP contribution < -0.4 is 0 Å². The van der Waals surface area contributed by atoms with Crippen molar-refractivity contribution in [1.29, 1.82) is 0 Å². The summed E-state index contributed by atoms with van der Waals surface area (Å²) in [6, 6.07) is 7.47. The predicted molar refractivity (Wildman–Crippen MR) is 103 cm³/mol. The highest BCUT2D eigenvalue weighted by Crippen LogP contribution is 2.40. The molecule has 6 heteroatoms. The van der Waals surface area contributed by atoms with E-state index in [1.54, 1.807) is 0 Å². The highest BCUT2D eigenvalue weighted by Gasteiger charge is 2.53. The molecule has 3 nitrogen and oxygen atoms in total. The van der Waals surface area contributed by atoms with Crippen molar-refractivity contribution in [3.63, 3.8) is 0 Å². The van der Waals surface area contributed by atoms with Crippen molar-refractivity contribution in [3.05, 3.63) is 40.0 Å². The van der Waals surface area contributed by atoms with Gasteiger partial charge in [0.1, 0.15) is 12.3 Å². The molecule has 1 aliphatic heterocycles. The van der Waals surface area contributed by atoms with Gasteiger partial charge in [0.15, 0.2) is 0 Å². The summed E-state index contributed by atoms with van der Waals surface area (Å²) in [5.74, 6) is 2.41. The molecule has 1 saturated heterocycles. The van der Waals surface area contributed by atoms with Crippen molar-refractivity contribution in [3.8, 4) is 12.3 Å². The first-order valence-electron chi connectivity index (χ1n) is 8.19. The van der Waals surface area contributed by atoms with Gasteiger partial charge < -0.3 is 14.0 Å². The maximum absolute atomic E-state index is 15.3. The van der Waals surface area contributed by atoms with Crippen molar-refractivity contribution >= 4 is 28.6 Å². The molecule has 0 saturated carbocycles. The fourth-order valence-electron chi connectivity index (χ4n) is 2.47. The van der Waals surface area contributed by atoms with Crippen LogP contribution in [0.2, 0.25) is 0 Å². The van der Waals surface area contributed by atoms with E-state index in [-0.39, 0.29) is 6.61 Å². The SMILES string of the molecule is C#CCOCCC(=C(F)B1OC(C)(C)C(C)(C)O1)c1cccc(Br)c1. The Bertz CT molecular complexity index is 678. The van der Waals surface area contributed by atoms with E-state index in [1.807, 2.05) is 52.0 Å². The summed E-state index contributed by atoms with van der Waals surface area (Å²) in [6.45, 7) is 8.11. The lowest BCUT2D eigenvalue weighted by Gasteiger charge is -2.32. The van der Waals surface area contributed by atoms with E-state index in [2.05, 4.69) is 21.9 Å². The predicted octanol–water partition coefficient (Wildman–Crippen LogP) is 4.80. The highest BCUT2D eigenvalue weighted by molar-refractivity contribution is 9.10. The lowest BCUT2D eigenvalue weighted by atomic mass is 9.82. The van der Waals surface area contributed by atoms with E-state index in [4.69, 9.17) is 20.5 Å². The van der Waals surface area contributed by atoms with Gasteiger partial charge in [0.25, 0.3) is 0 Å². The Morgan fingerprint density at radius 3 is 2.48 bits per heavy atom. The fraction of sp³-hybridized carbons (Fsp3) is 0.474. The molecule has 0 aliphatic carbocycles. The Kier molecular flexibility index (Phi) is 6.50. The van der Waals surface area contributed by atoms with Crippen molar-refractivity contribution in [2.45, 2.75) is 45.3 Å². The number of terminal acetylenes is 1. The maximum Gasteiger partial charge on any atom is 0.525 e. The average Bonchev–Trinajstić information content (AvgIpc) is 2.75. The number of ether oxygens (including phenoxy) is 1. The molecule has 1 aromatic carbocycles. The van der Waals surface area contributed by atoms with Gasteiger partial charge in [-0.15, -0.1) is 6.42 Å². The van der Waals surface area contributed by atoms with Crippen LogP contribution in [0.4, 0.5) is 4.39 Å². The Balaban J connectivity index is 2.33. The van der Waals surface area contributed by atoms with Gasteiger partial charge >= 0.3 is 7.12 Å². The van der Waals surface area contributed by atoms with Gasteiger partial charge in [-0.2, -0.15) is 0 Å². The minimum absolute atomic E-state index is 0.198. The zero-order valence-corrected chi connectivity index (χ0v) is 16.7. The molecule has 1 heterocycles. The molecule has 0 aromatic heterocycles. The topological polar surface area (TPSA) is 27.7 Å². The second kappa shape index (κ2) is 8.05. The van der Waals surface area contributed by atoms with Crippen LogP contribution in [0.25, 0.3) is 5.57 Å². The zero-order valence-electron chi connectivity index (χ0n) is 15.1. The lowest BCUT2D eigenvalue weighted by Crippen LogP contribution is -2.41. The van der Waals surface area contributed by atoms with E-state index in [9.17, 15) is 0 Å². The van der Waals surface area contributed by atoms with Crippen LogP contribution in [0.15, 0.2) is 34.5 Å². The first-order valence-corrected chi connectivity index (χ1v) is 8.98. The molecule has 0 atom stereocenters. The first-order chi connectivity index (χ1) is 11.7. The first kappa shape index (κ1) is 20.2. The summed E-state index contributed by atoms with van der Waals surface area (Å²) in [7, 11) is -1.04. The molecule has 1 fully saturated rings. The minimum Gasteiger partial charge on any atom is -0.398 e. The molecule has 0 unspecified atom stereocenters. The van der Waals surface area contributed by atoms with Gasteiger partial charge in [-0.05, 0) is 57.4 Å². The molecule has 134 valence electrons. The van der Waals surface area contributed by atoms with Crippen molar-refractivity contribution in [2.24, 2.45) is 0 Å². The summed E-state index contributed by atoms with van der Waals surface area (Å²) in [5, 5.41) is 0. The molecule has 0 N–H and O–H groups in total. The highest BCUT2D eigenvalue weighted by atomic mass is 79.9. The standard InChI is InChI=1S/C19H23BBrFO3/c1-6-11-23-12-10-16(14-8-7-9-15(21)13-14)17(22)20-24-18(2,3)19(4,5)25-20/h1,7-9,13H,10-12H2,2-5H3. The Labute approximate surface area is 158 Å². The number of halogens is 2. The van der Waals surface area contributed by atoms with Crippen LogP contribution in [-0.2, 0) is 14.0 Å². The number of hydrogen-bond acceptors (Lipinski definition) is 3. The van der Waals surface area contributed by atoms with Crippen molar-refractivity contribution in [1.82, 2.24) is 0 Å². The van der Waals surface area contributed by atoms with Gasteiger partial charge in [0, 0.05) is 4.47 Å². The van der Waals surface area contributed by atoms with Crippen molar-refractivity contribution in [2.75, 3.05) is 13.2 Å². The molecule has 2 rings (SSSR count). The molecular formula is C19H23BBrFO3. The summed E-state index contributed by atoms with van der Waals surface area (Å²) in [4.78, 5) is 0. The Morgan fingerprint density at radius 1 is 1.28 bits per heavy atom. The zero-order chi connectivity index (χ0) is 18.7. The van der Waals surface area contributed by atoms with Gasteiger partial charge in [-0.3, -0.25) is 0 Å². The third kappa shape index (κ3) is 4.74. The van der Waals surface area contributed by atoms with Crippen LogP contribution in [0.1, 0.15) is 39.7 Å². The average molecular weight is 409 g/mol. The second-order valence-corrected chi connectivity index (χ2v) is 7.85. The molecule has 0 bridgehead atoms. The lowest BCUT2D eigenvalue weighted by molar-refractivity contribution is 0.00578. The van der Waals surface area contributed by atoms with Gasteiger partial charge in [-0.1, -0.05) is 34.0 Å². The van der Waals surface area contributed by atoms with Crippen LogP contribution in [0.5, 0.6) is 0 Å². The van der Waals surface area contributed by atoms with E-state index >= 15 is 4.39 Å². The van der Waals surface area contributed by atoms with Crippen LogP contribution >= 0.6 is 15.9 Å². The van der Waals surface area contributed by atoms with Crippen molar-refractivity contribution < 1.29 is 18.4 Å². The summed E-state index contributed by atoms with van der Waals surface area (Å²) in [6.07, 6.45) is 5.56. The molecule has 0 radical (unpaired) electrons. The number of rotatable bonds is 6. The second-order valence-electron chi connectivity index (χ2n) is 6.93. The Morgan fingerprint density at radius 2 is 1.92 bits per heavy atom. The molecule has 1 aromatic rings. The maximum atomic E-state index is 15.3. The monoisotopic (exact) mass is 408 g/mol. The van der Waals surface area contributed by atoms with Crippen LogP contribution in [-0.4, -0.2) is 31.5 Å². The summed E-state index contributed by atoms with van der Waals surface area (Å²) in [5.41, 5.74) is -0.377. The minimum atomic E-state index is -1.04. The van der Waals surface area contributed by atoms with E-state index in [0.717, 1.165) is 10.0 Å². The van der Waals surface area contributed by atoms with Gasteiger partial charge in [0.2, 0.25) is 0 Å². The van der Waals surface area contributed by atoms with E-state index < -0.39 is 24.0 Å². The molecule has 25 heavy (non-hydrogen) atoms. The van der Waals surface area contributed by atoms with Crippen LogP contribution in [0.3, 0.4) is 0 Å². The van der Waals surface area contributed by atoms with Gasteiger partial charge in [-0.25, -0.2) is 4.39 Å². The number of hydrogen-bond donors (Lipinski definition) is 0. The quantitative estimate of drug-likeness (QED) is 0.384. The normalized spacial score (nSPS) is 19.5. The van der Waals surface area contributed by atoms with E-state index in [0.29, 0.717) is 18.6 Å². The van der Waals surface area contributed by atoms with Crippen LogP contribution in [0, 0.1) is 12.3 Å². The summed E-state index contributed by atoms with van der Waals surface area (Å²) < 4.78 is 33.2. The smallest absolute Gasteiger partial charge is 0.398 e. The third-order valence-corrected chi connectivity index (χ3v) is 5.10. The summed E-state index contributed by atoms with van der Waals surface area (Å²) >= 11 is 3.43. The third-order valence-electron chi connectivity index (χ3n) is 4.60. The molecular weight excluding hydrogens is 386 g/mol.